The molecule has 38 heavy (non-hydrogen) atoms. The van der Waals surface area contributed by atoms with Crippen LogP contribution in [0.1, 0.15) is 37.5 Å². The fraction of sp³-hybridized carbons (Fsp3) is 0.310. The molecule has 202 valence electrons. The molecular formula is C29H34ClN3O4S. The van der Waals surface area contributed by atoms with E-state index in [2.05, 4.69) is 5.32 Å². The average molecular weight is 556 g/mol. The molecule has 0 heterocycles. The number of nitrogens with zero attached hydrogens (tertiary/aromatic N) is 2. The smallest absolute Gasteiger partial charge is 0.264 e. The molecule has 1 unspecified atom stereocenters. The maximum atomic E-state index is 13.9. The zero-order chi connectivity index (χ0) is 28.0. The number of carbonyl (C=O) groups is 2. The standard InChI is InChI=1S/C29H34ClN3O4S/c1-20(2)31-29(35)23(5)32(18-24-12-9-11-21(3)17-24)28(34)19-33(27-16-10-15-26(30)22(27)4)38(36,37)25-13-7-6-8-14-25/h6-17,20,23H,18-19H2,1-5H3,(H,31,35). The first-order valence-corrected chi connectivity index (χ1v) is 14.2. The molecule has 3 aromatic carbocycles. The van der Waals surface area contributed by atoms with Crippen molar-refractivity contribution >= 4 is 39.1 Å². The lowest BCUT2D eigenvalue weighted by Gasteiger charge is -2.33. The summed E-state index contributed by atoms with van der Waals surface area (Å²) in [6, 6.07) is 19.5. The molecule has 0 aliphatic carbocycles. The number of hydrogen-bond donors (Lipinski definition) is 1. The van der Waals surface area contributed by atoms with Gasteiger partial charge in [0.2, 0.25) is 11.8 Å². The van der Waals surface area contributed by atoms with Crippen molar-refractivity contribution in [1.29, 1.82) is 0 Å². The van der Waals surface area contributed by atoms with Gasteiger partial charge in [0.15, 0.2) is 0 Å². The van der Waals surface area contributed by atoms with E-state index in [-0.39, 0.29) is 23.4 Å². The quantitative estimate of drug-likeness (QED) is 0.377. The maximum absolute atomic E-state index is 13.9. The van der Waals surface area contributed by atoms with E-state index in [9.17, 15) is 18.0 Å². The highest BCUT2D eigenvalue weighted by atomic mass is 35.5. The number of sulfonamides is 1. The Hall–Kier alpha value is -3.36. The van der Waals surface area contributed by atoms with Gasteiger partial charge in [0, 0.05) is 17.6 Å². The van der Waals surface area contributed by atoms with E-state index < -0.39 is 28.5 Å². The fourth-order valence-corrected chi connectivity index (χ4v) is 5.76. The zero-order valence-corrected chi connectivity index (χ0v) is 23.9. The molecule has 0 saturated heterocycles. The van der Waals surface area contributed by atoms with Crippen molar-refractivity contribution < 1.29 is 18.0 Å². The average Bonchev–Trinajstić information content (AvgIpc) is 2.87. The van der Waals surface area contributed by atoms with Crippen molar-refractivity contribution in [2.24, 2.45) is 0 Å². The van der Waals surface area contributed by atoms with Crippen LogP contribution in [-0.2, 0) is 26.2 Å². The number of halogens is 1. The van der Waals surface area contributed by atoms with Crippen molar-refractivity contribution in [1.82, 2.24) is 10.2 Å². The molecule has 0 spiro atoms. The molecule has 2 amide bonds. The molecule has 0 bridgehead atoms. The summed E-state index contributed by atoms with van der Waals surface area (Å²) in [6.07, 6.45) is 0. The molecule has 3 aromatic rings. The first-order valence-electron chi connectivity index (χ1n) is 12.4. The third-order valence-electron chi connectivity index (χ3n) is 6.15. The van der Waals surface area contributed by atoms with Gasteiger partial charge in [-0.3, -0.25) is 13.9 Å². The minimum absolute atomic E-state index is 0.0445. The molecule has 9 heteroatoms. The van der Waals surface area contributed by atoms with Crippen molar-refractivity contribution in [2.75, 3.05) is 10.8 Å². The van der Waals surface area contributed by atoms with Gasteiger partial charge in [-0.2, -0.15) is 0 Å². The van der Waals surface area contributed by atoms with Gasteiger partial charge in [0.1, 0.15) is 12.6 Å². The Morgan fingerprint density at radius 3 is 2.21 bits per heavy atom. The van der Waals surface area contributed by atoms with E-state index in [1.165, 1.54) is 17.0 Å². The zero-order valence-electron chi connectivity index (χ0n) is 22.3. The molecule has 0 fully saturated rings. The second kappa shape index (κ2) is 12.5. The summed E-state index contributed by atoms with van der Waals surface area (Å²) < 4.78 is 28.8. The van der Waals surface area contributed by atoms with E-state index in [4.69, 9.17) is 11.6 Å². The molecule has 0 aromatic heterocycles. The van der Waals surface area contributed by atoms with Crippen LogP contribution in [0.2, 0.25) is 5.02 Å². The minimum Gasteiger partial charge on any atom is -0.352 e. The van der Waals surface area contributed by atoms with Crippen molar-refractivity contribution in [3.63, 3.8) is 0 Å². The van der Waals surface area contributed by atoms with Crippen LogP contribution in [0.5, 0.6) is 0 Å². The van der Waals surface area contributed by atoms with Gasteiger partial charge in [-0.15, -0.1) is 0 Å². The number of rotatable bonds is 10. The third-order valence-corrected chi connectivity index (χ3v) is 8.33. The van der Waals surface area contributed by atoms with Crippen LogP contribution in [0.4, 0.5) is 5.69 Å². The molecule has 1 N–H and O–H groups in total. The number of carbonyl (C=O) groups excluding carboxylic acids is 2. The van der Waals surface area contributed by atoms with Crippen molar-refractivity contribution in [3.05, 3.63) is 94.5 Å². The van der Waals surface area contributed by atoms with Crippen LogP contribution in [0.15, 0.2) is 77.7 Å². The second-order valence-corrected chi connectivity index (χ2v) is 11.8. The monoisotopic (exact) mass is 555 g/mol. The number of amides is 2. The summed E-state index contributed by atoms with van der Waals surface area (Å²) >= 11 is 6.35. The Labute approximate surface area is 230 Å². The highest BCUT2D eigenvalue weighted by Crippen LogP contribution is 2.31. The summed E-state index contributed by atoms with van der Waals surface area (Å²) in [5.74, 6) is -0.839. The van der Waals surface area contributed by atoms with Gasteiger partial charge in [-0.1, -0.05) is 65.7 Å². The topological polar surface area (TPSA) is 86.8 Å². The normalized spacial score (nSPS) is 12.2. The molecule has 0 aliphatic heterocycles. The Balaban J connectivity index is 2.07. The van der Waals surface area contributed by atoms with Gasteiger partial charge in [0.05, 0.1) is 10.6 Å². The molecular weight excluding hydrogens is 522 g/mol. The number of hydrogen-bond acceptors (Lipinski definition) is 4. The lowest BCUT2D eigenvalue weighted by atomic mass is 10.1. The number of anilines is 1. The molecule has 0 aliphatic rings. The number of aryl methyl sites for hydroxylation is 1. The highest BCUT2D eigenvalue weighted by Gasteiger charge is 2.33. The van der Waals surface area contributed by atoms with E-state index >= 15 is 0 Å². The molecule has 0 radical (unpaired) electrons. The van der Waals surface area contributed by atoms with Crippen LogP contribution in [0.3, 0.4) is 0 Å². The highest BCUT2D eigenvalue weighted by molar-refractivity contribution is 7.92. The Bertz CT molecular complexity index is 1390. The van der Waals surface area contributed by atoms with Crippen LogP contribution < -0.4 is 9.62 Å². The Kier molecular flexibility index (Phi) is 9.57. The van der Waals surface area contributed by atoms with Gasteiger partial charge in [-0.05, 0) is 70.0 Å². The molecule has 0 saturated carbocycles. The first-order chi connectivity index (χ1) is 17.9. The predicted octanol–water partition coefficient (Wildman–Crippen LogP) is 5.09. The molecule has 3 rings (SSSR count). The summed E-state index contributed by atoms with van der Waals surface area (Å²) in [7, 11) is -4.14. The van der Waals surface area contributed by atoms with Crippen molar-refractivity contribution in [3.8, 4) is 0 Å². The SMILES string of the molecule is Cc1cccc(CN(C(=O)CN(c2cccc(Cl)c2C)S(=O)(=O)c2ccccc2)C(C)C(=O)NC(C)C)c1. The predicted molar refractivity (Wildman–Crippen MR) is 152 cm³/mol. The molecule has 7 nitrogen and oxygen atoms in total. The summed E-state index contributed by atoms with van der Waals surface area (Å²) in [6.45, 7) is 8.61. The second-order valence-electron chi connectivity index (χ2n) is 9.56. The fourth-order valence-electron chi connectivity index (χ4n) is 4.09. The first kappa shape index (κ1) is 29.2. The van der Waals surface area contributed by atoms with E-state index in [1.807, 2.05) is 45.0 Å². The number of benzene rings is 3. The number of nitrogens with one attached hydrogen (secondary N) is 1. The Morgan fingerprint density at radius 1 is 0.921 bits per heavy atom. The van der Waals surface area contributed by atoms with Crippen LogP contribution in [0.25, 0.3) is 0 Å². The van der Waals surface area contributed by atoms with Crippen molar-refractivity contribution in [2.45, 2.75) is 58.1 Å². The Morgan fingerprint density at radius 2 is 1.58 bits per heavy atom. The third kappa shape index (κ3) is 6.94. The van der Waals surface area contributed by atoms with E-state index in [0.29, 0.717) is 16.3 Å². The summed E-state index contributed by atoms with van der Waals surface area (Å²) in [5, 5.41) is 3.23. The lowest BCUT2D eigenvalue weighted by molar-refractivity contribution is -0.139. The van der Waals surface area contributed by atoms with Gasteiger partial charge in [0.25, 0.3) is 10.0 Å². The summed E-state index contributed by atoms with van der Waals surface area (Å²) in [4.78, 5) is 28.4. The van der Waals surface area contributed by atoms with Crippen LogP contribution >= 0.6 is 11.6 Å². The van der Waals surface area contributed by atoms with Gasteiger partial charge >= 0.3 is 0 Å². The lowest BCUT2D eigenvalue weighted by Crippen LogP contribution is -2.52. The van der Waals surface area contributed by atoms with Gasteiger partial charge < -0.3 is 10.2 Å². The molecule has 1 atom stereocenters. The summed E-state index contributed by atoms with van der Waals surface area (Å²) in [5.41, 5.74) is 2.66. The maximum Gasteiger partial charge on any atom is 0.264 e. The van der Waals surface area contributed by atoms with E-state index in [0.717, 1.165) is 15.4 Å². The van der Waals surface area contributed by atoms with Crippen LogP contribution in [0, 0.1) is 13.8 Å². The van der Waals surface area contributed by atoms with Gasteiger partial charge in [-0.25, -0.2) is 8.42 Å². The van der Waals surface area contributed by atoms with Crippen LogP contribution in [-0.4, -0.2) is 43.8 Å². The largest absolute Gasteiger partial charge is 0.352 e. The van der Waals surface area contributed by atoms with E-state index in [1.54, 1.807) is 50.2 Å². The minimum atomic E-state index is -4.14.